The number of hydrogen-bond donors (Lipinski definition) is 2. The molecule has 4 heteroatoms. The largest absolute Gasteiger partial charge is 0.481 e. The monoisotopic (exact) mass is 185 g/mol. The molecule has 4 nitrogen and oxygen atoms in total. The lowest BCUT2D eigenvalue weighted by molar-refractivity contribution is -0.146. The van der Waals surface area contributed by atoms with Crippen LogP contribution in [0.3, 0.4) is 0 Å². The molecule has 0 aromatic rings. The highest BCUT2D eigenvalue weighted by molar-refractivity contribution is 5.96. The van der Waals surface area contributed by atoms with E-state index in [9.17, 15) is 9.59 Å². The molecule has 2 unspecified atom stereocenters. The molecule has 1 aliphatic carbocycles. The van der Waals surface area contributed by atoms with Crippen LogP contribution in [0.5, 0.6) is 0 Å². The molecule has 0 spiro atoms. The SMILES string of the molecule is CC(C(=O)O)C(=O)NC1CC1(C)C. The Balaban J connectivity index is 2.39. The van der Waals surface area contributed by atoms with Gasteiger partial charge in [-0.05, 0) is 18.8 Å². The normalized spacial score (nSPS) is 26.2. The number of carbonyl (C=O) groups excluding carboxylic acids is 1. The highest BCUT2D eigenvalue weighted by atomic mass is 16.4. The van der Waals surface area contributed by atoms with Crippen LogP contribution in [0.15, 0.2) is 0 Å². The van der Waals surface area contributed by atoms with Crippen molar-refractivity contribution in [3.63, 3.8) is 0 Å². The van der Waals surface area contributed by atoms with Crippen molar-refractivity contribution in [2.45, 2.75) is 33.2 Å². The van der Waals surface area contributed by atoms with E-state index in [0.717, 1.165) is 6.42 Å². The van der Waals surface area contributed by atoms with Gasteiger partial charge in [0.05, 0.1) is 0 Å². The maximum atomic E-state index is 11.2. The first-order valence-electron chi connectivity index (χ1n) is 4.38. The highest BCUT2D eigenvalue weighted by Crippen LogP contribution is 2.44. The first-order valence-corrected chi connectivity index (χ1v) is 4.38. The minimum absolute atomic E-state index is 0.147. The summed E-state index contributed by atoms with van der Waals surface area (Å²) in [6, 6.07) is 0.154. The molecule has 0 heterocycles. The summed E-state index contributed by atoms with van der Waals surface area (Å²) < 4.78 is 0. The lowest BCUT2D eigenvalue weighted by atomic mass is 10.1. The van der Waals surface area contributed by atoms with Crippen molar-refractivity contribution in [2.75, 3.05) is 0 Å². The Morgan fingerprint density at radius 2 is 2.00 bits per heavy atom. The molecule has 1 rings (SSSR count). The predicted octanol–water partition coefficient (Wildman–Crippen LogP) is 0.622. The van der Waals surface area contributed by atoms with E-state index in [1.165, 1.54) is 6.92 Å². The van der Waals surface area contributed by atoms with Gasteiger partial charge in [-0.2, -0.15) is 0 Å². The fraction of sp³-hybridized carbons (Fsp3) is 0.778. The van der Waals surface area contributed by atoms with Gasteiger partial charge in [-0.15, -0.1) is 0 Å². The number of carboxylic acids is 1. The molecule has 2 N–H and O–H groups in total. The third-order valence-corrected chi connectivity index (χ3v) is 2.59. The summed E-state index contributed by atoms with van der Waals surface area (Å²) in [5.74, 6) is -2.41. The third kappa shape index (κ3) is 2.20. The van der Waals surface area contributed by atoms with Crippen LogP contribution in [0.2, 0.25) is 0 Å². The van der Waals surface area contributed by atoms with E-state index < -0.39 is 11.9 Å². The van der Waals surface area contributed by atoms with Crippen molar-refractivity contribution in [1.82, 2.24) is 5.32 Å². The number of aliphatic carboxylic acids is 1. The molecule has 1 saturated carbocycles. The van der Waals surface area contributed by atoms with Crippen molar-refractivity contribution in [1.29, 1.82) is 0 Å². The van der Waals surface area contributed by atoms with Crippen LogP contribution in [0.4, 0.5) is 0 Å². The van der Waals surface area contributed by atoms with Gasteiger partial charge in [0.15, 0.2) is 0 Å². The molecule has 0 aromatic heterocycles. The van der Waals surface area contributed by atoms with Gasteiger partial charge in [0.2, 0.25) is 5.91 Å². The van der Waals surface area contributed by atoms with Crippen LogP contribution in [0.25, 0.3) is 0 Å². The summed E-state index contributed by atoms with van der Waals surface area (Å²) in [4.78, 5) is 21.7. The van der Waals surface area contributed by atoms with E-state index in [4.69, 9.17) is 5.11 Å². The van der Waals surface area contributed by atoms with Crippen molar-refractivity contribution in [3.05, 3.63) is 0 Å². The Morgan fingerprint density at radius 3 is 2.31 bits per heavy atom. The maximum Gasteiger partial charge on any atom is 0.315 e. The molecule has 1 aliphatic rings. The smallest absolute Gasteiger partial charge is 0.315 e. The first-order chi connectivity index (χ1) is 5.84. The molecule has 1 fully saturated rings. The molecular formula is C9H15NO3. The fourth-order valence-corrected chi connectivity index (χ4v) is 1.12. The Bertz CT molecular complexity index is 247. The molecule has 0 saturated heterocycles. The van der Waals surface area contributed by atoms with Crippen molar-refractivity contribution in [3.8, 4) is 0 Å². The zero-order valence-corrected chi connectivity index (χ0v) is 8.13. The van der Waals surface area contributed by atoms with Gasteiger partial charge in [0.1, 0.15) is 5.92 Å². The van der Waals surface area contributed by atoms with Crippen LogP contribution in [-0.2, 0) is 9.59 Å². The van der Waals surface area contributed by atoms with Gasteiger partial charge in [0, 0.05) is 6.04 Å². The van der Waals surface area contributed by atoms with Crippen molar-refractivity contribution >= 4 is 11.9 Å². The van der Waals surface area contributed by atoms with Crippen LogP contribution in [-0.4, -0.2) is 23.0 Å². The topological polar surface area (TPSA) is 66.4 Å². The fourth-order valence-electron chi connectivity index (χ4n) is 1.12. The molecule has 1 amide bonds. The Hall–Kier alpha value is -1.06. The molecule has 2 atom stereocenters. The predicted molar refractivity (Wildman–Crippen MR) is 47.1 cm³/mol. The van der Waals surface area contributed by atoms with Crippen LogP contribution >= 0.6 is 0 Å². The number of carboxylic acid groups (broad SMARTS) is 1. The number of amides is 1. The zero-order chi connectivity index (χ0) is 10.2. The van der Waals surface area contributed by atoms with Gasteiger partial charge in [0.25, 0.3) is 0 Å². The van der Waals surface area contributed by atoms with E-state index in [0.29, 0.717) is 0 Å². The molecule has 0 radical (unpaired) electrons. The second-order valence-electron chi connectivity index (χ2n) is 4.31. The summed E-state index contributed by atoms with van der Waals surface area (Å²) in [6.45, 7) is 5.49. The number of hydrogen-bond acceptors (Lipinski definition) is 2. The van der Waals surface area contributed by atoms with E-state index in [1.54, 1.807) is 0 Å². The summed E-state index contributed by atoms with van der Waals surface area (Å²) in [7, 11) is 0. The van der Waals surface area contributed by atoms with Crippen LogP contribution in [0, 0.1) is 11.3 Å². The Morgan fingerprint density at radius 1 is 1.54 bits per heavy atom. The average molecular weight is 185 g/mol. The molecule has 13 heavy (non-hydrogen) atoms. The lowest BCUT2D eigenvalue weighted by Gasteiger charge is -2.09. The summed E-state index contributed by atoms with van der Waals surface area (Å²) >= 11 is 0. The number of rotatable bonds is 3. The van der Waals surface area contributed by atoms with Gasteiger partial charge in [-0.3, -0.25) is 9.59 Å². The zero-order valence-electron chi connectivity index (χ0n) is 8.13. The van der Waals surface area contributed by atoms with Crippen molar-refractivity contribution in [2.24, 2.45) is 11.3 Å². The molecule has 74 valence electrons. The van der Waals surface area contributed by atoms with E-state index in [1.807, 2.05) is 13.8 Å². The van der Waals surface area contributed by atoms with Crippen molar-refractivity contribution < 1.29 is 14.7 Å². The summed E-state index contributed by atoms with van der Waals surface area (Å²) in [5, 5.41) is 11.3. The molecule has 0 aromatic carbocycles. The van der Waals surface area contributed by atoms with Gasteiger partial charge in [-0.1, -0.05) is 13.8 Å². The van der Waals surface area contributed by atoms with E-state index in [-0.39, 0.29) is 17.4 Å². The molecule has 0 aliphatic heterocycles. The first kappa shape index (κ1) is 10.0. The minimum Gasteiger partial charge on any atom is -0.481 e. The van der Waals surface area contributed by atoms with Crippen LogP contribution < -0.4 is 5.32 Å². The maximum absolute atomic E-state index is 11.2. The van der Waals surface area contributed by atoms with E-state index >= 15 is 0 Å². The van der Waals surface area contributed by atoms with Gasteiger partial charge >= 0.3 is 5.97 Å². The Kier molecular flexibility index (Phi) is 2.32. The minimum atomic E-state index is -1.07. The van der Waals surface area contributed by atoms with Crippen LogP contribution in [0.1, 0.15) is 27.2 Å². The standard InChI is InChI=1S/C9H15NO3/c1-5(8(12)13)7(11)10-6-4-9(6,2)3/h5-6H,4H2,1-3H3,(H,10,11)(H,12,13). The van der Waals surface area contributed by atoms with E-state index in [2.05, 4.69) is 5.32 Å². The summed E-state index contributed by atoms with van der Waals surface area (Å²) in [6.07, 6.45) is 0.936. The third-order valence-electron chi connectivity index (χ3n) is 2.59. The Labute approximate surface area is 77.3 Å². The second-order valence-corrected chi connectivity index (χ2v) is 4.31. The quantitative estimate of drug-likeness (QED) is 0.633. The second kappa shape index (κ2) is 3.01. The molecular weight excluding hydrogens is 170 g/mol. The number of carbonyl (C=O) groups is 2. The number of nitrogens with one attached hydrogen (secondary N) is 1. The lowest BCUT2D eigenvalue weighted by Crippen LogP contribution is -2.36. The summed E-state index contributed by atoms with van der Waals surface area (Å²) in [5.41, 5.74) is 0.147. The van der Waals surface area contributed by atoms with Gasteiger partial charge in [-0.25, -0.2) is 0 Å². The highest BCUT2D eigenvalue weighted by Gasteiger charge is 2.47. The van der Waals surface area contributed by atoms with Gasteiger partial charge < -0.3 is 10.4 Å². The average Bonchev–Trinajstić information content (AvgIpc) is 2.56. The molecule has 0 bridgehead atoms.